The number of ether oxygens (including phenoxy) is 2. The van der Waals surface area contributed by atoms with Crippen molar-refractivity contribution < 1.29 is 9.47 Å². The predicted molar refractivity (Wildman–Crippen MR) is 77.0 cm³/mol. The third-order valence-electron chi connectivity index (χ3n) is 2.12. The van der Waals surface area contributed by atoms with E-state index in [9.17, 15) is 0 Å². The molecule has 0 bridgehead atoms. The van der Waals surface area contributed by atoms with Gasteiger partial charge in [-0.1, -0.05) is 13.8 Å². The minimum Gasteiger partial charge on any atom is -0.496 e. The second-order valence-corrected chi connectivity index (χ2v) is 5.58. The molecule has 0 fully saturated rings. The fraction of sp³-hybridized carbons (Fsp3) is 0.500. The van der Waals surface area contributed by atoms with E-state index < -0.39 is 0 Å². The number of rotatable bonds is 6. The molecule has 0 aliphatic rings. The van der Waals surface area contributed by atoms with Gasteiger partial charge in [0.25, 0.3) is 0 Å². The zero-order valence-electron chi connectivity index (χ0n) is 10.2. The first-order chi connectivity index (χ1) is 8.04. The molecule has 1 aromatic rings. The highest BCUT2D eigenvalue weighted by Gasteiger charge is 2.07. The summed E-state index contributed by atoms with van der Waals surface area (Å²) in [5.41, 5.74) is 0. The van der Waals surface area contributed by atoms with E-state index in [0.717, 1.165) is 27.0 Å². The third-order valence-corrected chi connectivity index (χ3v) is 3.36. The predicted octanol–water partition coefficient (Wildman–Crippen LogP) is 3.60. The van der Waals surface area contributed by atoms with Gasteiger partial charge in [-0.3, -0.25) is 0 Å². The smallest absolute Gasteiger partial charge is 0.134 e. The van der Waals surface area contributed by atoms with Crippen molar-refractivity contribution in [3.63, 3.8) is 0 Å². The van der Waals surface area contributed by atoms with Crippen LogP contribution in [0.3, 0.4) is 0 Å². The summed E-state index contributed by atoms with van der Waals surface area (Å²) in [4.78, 5) is 0. The maximum Gasteiger partial charge on any atom is 0.134 e. The van der Waals surface area contributed by atoms with E-state index >= 15 is 0 Å². The van der Waals surface area contributed by atoms with Crippen molar-refractivity contribution in [3.05, 3.63) is 21.1 Å². The fourth-order valence-electron chi connectivity index (χ4n) is 1.29. The van der Waals surface area contributed by atoms with Gasteiger partial charge in [-0.25, -0.2) is 0 Å². The van der Waals surface area contributed by atoms with Crippen LogP contribution in [0.25, 0.3) is 0 Å². The average molecular weight is 367 g/mol. The number of hydrogen-bond donors (Lipinski definition) is 1. The summed E-state index contributed by atoms with van der Waals surface area (Å²) in [5.74, 6) is 1.59. The molecule has 0 aliphatic carbocycles. The zero-order valence-corrected chi connectivity index (χ0v) is 13.4. The summed E-state index contributed by atoms with van der Waals surface area (Å²) in [6.45, 7) is 5.68. The van der Waals surface area contributed by atoms with Crippen LogP contribution in [-0.2, 0) is 0 Å². The van der Waals surface area contributed by atoms with Crippen LogP contribution in [0.5, 0.6) is 11.5 Å². The lowest BCUT2D eigenvalue weighted by Gasteiger charge is -2.12. The molecular weight excluding hydrogens is 350 g/mol. The minimum atomic E-state index is 0.477. The van der Waals surface area contributed by atoms with Crippen molar-refractivity contribution in [2.45, 2.75) is 19.9 Å². The van der Waals surface area contributed by atoms with Gasteiger partial charge in [0.2, 0.25) is 0 Å². The molecule has 0 aliphatic heterocycles. The summed E-state index contributed by atoms with van der Waals surface area (Å²) in [6, 6.07) is 4.26. The molecule has 0 atom stereocenters. The molecular formula is C12H17Br2NO2. The Morgan fingerprint density at radius 3 is 2.35 bits per heavy atom. The Balaban J connectivity index is 2.56. The summed E-state index contributed by atoms with van der Waals surface area (Å²) in [7, 11) is 1.64. The van der Waals surface area contributed by atoms with E-state index in [-0.39, 0.29) is 0 Å². The molecule has 0 aromatic heterocycles. The molecule has 17 heavy (non-hydrogen) atoms. The highest BCUT2D eigenvalue weighted by atomic mass is 79.9. The molecule has 5 heteroatoms. The summed E-state index contributed by atoms with van der Waals surface area (Å²) >= 11 is 6.89. The highest BCUT2D eigenvalue weighted by Crippen LogP contribution is 2.35. The summed E-state index contributed by atoms with van der Waals surface area (Å²) < 4.78 is 12.6. The standard InChI is InChI=1S/C12H17Br2NO2/c1-8(2)15-4-5-17-12-7-9(13)11(16-3)6-10(12)14/h6-8,15H,4-5H2,1-3H3. The molecule has 0 saturated heterocycles. The normalized spacial score (nSPS) is 10.7. The second-order valence-electron chi connectivity index (χ2n) is 3.87. The molecule has 1 rings (SSSR count). The first-order valence-corrected chi connectivity index (χ1v) is 7.02. The molecule has 0 spiro atoms. The first kappa shape index (κ1) is 14.8. The summed E-state index contributed by atoms with van der Waals surface area (Å²) in [6.07, 6.45) is 0. The van der Waals surface area contributed by atoms with Gasteiger partial charge in [0.05, 0.1) is 16.1 Å². The first-order valence-electron chi connectivity index (χ1n) is 5.43. The maximum atomic E-state index is 5.67. The van der Waals surface area contributed by atoms with Crippen molar-refractivity contribution in [3.8, 4) is 11.5 Å². The molecule has 0 unspecified atom stereocenters. The van der Waals surface area contributed by atoms with E-state index in [1.165, 1.54) is 0 Å². The number of hydrogen-bond acceptors (Lipinski definition) is 3. The van der Waals surface area contributed by atoms with Crippen LogP contribution in [0.15, 0.2) is 21.1 Å². The van der Waals surface area contributed by atoms with Crippen molar-refractivity contribution >= 4 is 31.9 Å². The van der Waals surface area contributed by atoms with E-state index in [1.54, 1.807) is 7.11 Å². The quantitative estimate of drug-likeness (QED) is 0.780. The van der Waals surface area contributed by atoms with Crippen molar-refractivity contribution in [1.82, 2.24) is 5.32 Å². The van der Waals surface area contributed by atoms with E-state index in [0.29, 0.717) is 12.6 Å². The topological polar surface area (TPSA) is 30.5 Å². The molecule has 1 N–H and O–H groups in total. The third kappa shape index (κ3) is 4.85. The van der Waals surface area contributed by atoms with Crippen molar-refractivity contribution in [2.75, 3.05) is 20.3 Å². The van der Waals surface area contributed by atoms with Crippen molar-refractivity contribution in [1.29, 1.82) is 0 Å². The number of benzene rings is 1. The zero-order chi connectivity index (χ0) is 12.8. The number of nitrogens with one attached hydrogen (secondary N) is 1. The van der Waals surface area contributed by atoms with Gasteiger partial charge < -0.3 is 14.8 Å². The average Bonchev–Trinajstić information content (AvgIpc) is 2.28. The Kier molecular flexibility index (Phi) is 6.30. The Morgan fingerprint density at radius 1 is 1.18 bits per heavy atom. The molecule has 3 nitrogen and oxygen atoms in total. The van der Waals surface area contributed by atoms with Gasteiger partial charge in [0.1, 0.15) is 18.1 Å². The van der Waals surface area contributed by atoms with Gasteiger partial charge in [-0.05, 0) is 44.0 Å². The largest absolute Gasteiger partial charge is 0.496 e. The van der Waals surface area contributed by atoms with Crippen LogP contribution in [0, 0.1) is 0 Å². The Morgan fingerprint density at radius 2 is 1.76 bits per heavy atom. The molecule has 1 aromatic carbocycles. The van der Waals surface area contributed by atoms with Gasteiger partial charge in [0, 0.05) is 12.6 Å². The SMILES string of the molecule is COc1cc(Br)c(OCCNC(C)C)cc1Br. The van der Waals surface area contributed by atoms with Crippen LogP contribution in [0.2, 0.25) is 0 Å². The molecule has 0 radical (unpaired) electrons. The lowest BCUT2D eigenvalue weighted by atomic mass is 10.3. The van der Waals surface area contributed by atoms with Crippen LogP contribution in [0.1, 0.15) is 13.8 Å². The van der Waals surface area contributed by atoms with Gasteiger partial charge in [-0.15, -0.1) is 0 Å². The molecule has 0 amide bonds. The van der Waals surface area contributed by atoms with E-state index in [4.69, 9.17) is 9.47 Å². The van der Waals surface area contributed by atoms with E-state index in [1.807, 2.05) is 12.1 Å². The van der Waals surface area contributed by atoms with Crippen LogP contribution in [-0.4, -0.2) is 26.3 Å². The lowest BCUT2D eigenvalue weighted by Crippen LogP contribution is -2.27. The maximum absolute atomic E-state index is 5.67. The number of halogens is 2. The van der Waals surface area contributed by atoms with E-state index in [2.05, 4.69) is 51.0 Å². The Hall–Kier alpha value is -0.260. The van der Waals surface area contributed by atoms with Crippen LogP contribution >= 0.6 is 31.9 Å². The minimum absolute atomic E-state index is 0.477. The van der Waals surface area contributed by atoms with Crippen LogP contribution in [0.4, 0.5) is 0 Å². The van der Waals surface area contributed by atoms with Gasteiger partial charge in [0.15, 0.2) is 0 Å². The second kappa shape index (κ2) is 7.24. The van der Waals surface area contributed by atoms with Gasteiger partial charge >= 0.3 is 0 Å². The summed E-state index contributed by atoms with van der Waals surface area (Å²) in [5, 5.41) is 3.30. The fourth-order valence-corrected chi connectivity index (χ4v) is 2.21. The van der Waals surface area contributed by atoms with Crippen LogP contribution < -0.4 is 14.8 Å². The van der Waals surface area contributed by atoms with Gasteiger partial charge in [-0.2, -0.15) is 0 Å². The number of methoxy groups -OCH3 is 1. The molecule has 0 heterocycles. The Bertz CT molecular complexity index is 370. The molecule has 96 valence electrons. The Labute approximate surface area is 119 Å². The molecule has 0 saturated carbocycles. The lowest BCUT2D eigenvalue weighted by molar-refractivity contribution is 0.306. The monoisotopic (exact) mass is 365 g/mol. The van der Waals surface area contributed by atoms with Crippen molar-refractivity contribution in [2.24, 2.45) is 0 Å². The highest BCUT2D eigenvalue weighted by molar-refractivity contribution is 9.11.